The van der Waals surface area contributed by atoms with Gasteiger partial charge in [0.15, 0.2) is 5.69 Å². The number of benzene rings is 3. The van der Waals surface area contributed by atoms with E-state index in [1.54, 1.807) is 54.1 Å². The van der Waals surface area contributed by atoms with Crippen molar-refractivity contribution in [2.75, 3.05) is 6.26 Å². The van der Waals surface area contributed by atoms with E-state index >= 15 is 0 Å². The first-order valence-corrected chi connectivity index (χ1v) is 14.4. The molecule has 0 fully saturated rings. The van der Waals surface area contributed by atoms with E-state index in [1.807, 2.05) is 0 Å². The molecule has 1 atom stereocenters. The van der Waals surface area contributed by atoms with Crippen LogP contribution in [0.3, 0.4) is 0 Å². The van der Waals surface area contributed by atoms with Crippen LogP contribution >= 0.6 is 0 Å². The first-order chi connectivity index (χ1) is 20.3. The van der Waals surface area contributed by atoms with Gasteiger partial charge in [0.1, 0.15) is 11.6 Å². The zero-order chi connectivity index (χ0) is 31.1. The summed E-state index contributed by atoms with van der Waals surface area (Å²) in [4.78, 5) is 4.18. The Hall–Kier alpha value is -4.36. The number of alkyl halides is 5. The lowest BCUT2D eigenvalue weighted by Crippen LogP contribution is -2.05. The van der Waals surface area contributed by atoms with Gasteiger partial charge in [-0.3, -0.25) is 4.21 Å². The fraction of sp³-hybridized carbons (Fsp3) is 0.200. The van der Waals surface area contributed by atoms with Gasteiger partial charge in [-0.25, -0.2) is 9.67 Å². The lowest BCUT2D eigenvalue weighted by atomic mass is 9.98. The number of ether oxygens (including phenoxy) is 1. The van der Waals surface area contributed by atoms with Gasteiger partial charge >= 0.3 is 12.8 Å². The molecule has 1 unspecified atom stereocenters. The summed E-state index contributed by atoms with van der Waals surface area (Å²) in [5.74, 6) is 0.0598. The van der Waals surface area contributed by atoms with Gasteiger partial charge in [0.05, 0.1) is 40.2 Å². The van der Waals surface area contributed by atoms with Crippen LogP contribution in [0.2, 0.25) is 0 Å². The van der Waals surface area contributed by atoms with Gasteiger partial charge in [0.25, 0.3) is 0 Å². The van der Waals surface area contributed by atoms with Gasteiger partial charge in [-0.2, -0.15) is 27.1 Å². The SMILES string of the molecule is Cc1cc(-c2cc(-c3ccc(CO)c(S(C)=O)c3)ccc2-n2cc(C(F)(F)F)nc2C)n(-c2ccc(OC(F)F)cc2)n1. The number of imidazole rings is 1. The predicted octanol–water partition coefficient (Wildman–Crippen LogP) is 6.86. The molecule has 0 aliphatic carbocycles. The molecule has 3 aromatic carbocycles. The minimum atomic E-state index is -4.66. The van der Waals surface area contributed by atoms with Crippen LogP contribution in [0.4, 0.5) is 22.0 Å². The van der Waals surface area contributed by atoms with Crippen LogP contribution in [0.1, 0.15) is 22.8 Å². The first-order valence-electron chi connectivity index (χ1n) is 12.8. The summed E-state index contributed by atoms with van der Waals surface area (Å²) in [5.41, 5.74) is 3.27. The molecule has 5 rings (SSSR count). The van der Waals surface area contributed by atoms with Crippen molar-refractivity contribution in [3.63, 3.8) is 0 Å². The largest absolute Gasteiger partial charge is 0.435 e. The van der Waals surface area contributed by atoms with Gasteiger partial charge in [0.2, 0.25) is 0 Å². The van der Waals surface area contributed by atoms with Crippen molar-refractivity contribution in [1.29, 1.82) is 0 Å². The van der Waals surface area contributed by atoms with Crippen LogP contribution in [0.5, 0.6) is 5.75 Å². The van der Waals surface area contributed by atoms with Crippen molar-refractivity contribution < 1.29 is 36.0 Å². The summed E-state index contributed by atoms with van der Waals surface area (Å²) in [6, 6.07) is 17.9. The van der Waals surface area contributed by atoms with Crippen molar-refractivity contribution in [3.05, 3.63) is 95.7 Å². The van der Waals surface area contributed by atoms with E-state index in [9.17, 15) is 31.3 Å². The molecule has 0 aliphatic heterocycles. The molecule has 0 bridgehead atoms. The fourth-order valence-corrected chi connectivity index (χ4v) is 5.57. The second-order valence-electron chi connectivity index (χ2n) is 9.66. The summed E-state index contributed by atoms with van der Waals surface area (Å²) < 4.78 is 85.9. The maximum atomic E-state index is 13.6. The minimum Gasteiger partial charge on any atom is -0.435 e. The van der Waals surface area contributed by atoms with Crippen molar-refractivity contribution in [2.24, 2.45) is 0 Å². The maximum absolute atomic E-state index is 13.6. The van der Waals surface area contributed by atoms with Crippen LogP contribution in [0.15, 0.2) is 77.8 Å². The highest BCUT2D eigenvalue weighted by molar-refractivity contribution is 7.84. The molecular formula is C30H25F5N4O3S. The van der Waals surface area contributed by atoms with Gasteiger partial charge in [0, 0.05) is 22.9 Å². The zero-order valence-corrected chi connectivity index (χ0v) is 23.9. The average Bonchev–Trinajstić information content (AvgIpc) is 3.55. The molecule has 0 saturated heterocycles. The molecule has 13 heteroatoms. The number of halogens is 5. The van der Waals surface area contributed by atoms with Crippen LogP contribution in [-0.2, 0) is 23.6 Å². The van der Waals surface area contributed by atoms with E-state index < -0.39 is 29.3 Å². The number of nitrogens with zero attached hydrogens (tertiary/aromatic N) is 4. The van der Waals surface area contributed by atoms with Crippen molar-refractivity contribution >= 4 is 10.8 Å². The van der Waals surface area contributed by atoms with Crippen LogP contribution in [0, 0.1) is 13.8 Å². The number of aliphatic hydroxyl groups excluding tert-OH is 1. The van der Waals surface area contributed by atoms with Crippen LogP contribution in [-0.4, -0.2) is 41.5 Å². The Kier molecular flexibility index (Phi) is 8.21. The summed E-state index contributed by atoms with van der Waals surface area (Å²) in [6.07, 6.45) is -2.23. The summed E-state index contributed by atoms with van der Waals surface area (Å²) in [6.45, 7) is -0.0668. The highest BCUT2D eigenvalue weighted by atomic mass is 32.2. The second kappa shape index (κ2) is 11.7. The van der Waals surface area contributed by atoms with E-state index in [4.69, 9.17) is 0 Å². The molecule has 0 radical (unpaired) electrons. The normalized spacial score (nSPS) is 12.6. The molecule has 2 aromatic heterocycles. The number of rotatable bonds is 8. The Morgan fingerprint density at radius 2 is 1.65 bits per heavy atom. The standard InChI is InChI=1S/C30H25F5N4O3S/c1-17-12-26(39(37-17)22-7-9-23(10-8-22)42-29(31)32)24-13-19(20-4-5-21(16-40)27(14-20)43(3)41)6-11-25(24)38-15-28(30(33,34)35)36-18(38)2/h4-15,29,40H,16H2,1-3H3. The van der Waals surface area contributed by atoms with Crippen molar-refractivity contribution in [1.82, 2.24) is 19.3 Å². The maximum Gasteiger partial charge on any atom is 0.434 e. The lowest BCUT2D eigenvalue weighted by molar-refractivity contribution is -0.141. The van der Waals surface area contributed by atoms with E-state index in [1.165, 1.54) is 42.0 Å². The lowest BCUT2D eigenvalue weighted by Gasteiger charge is -2.17. The summed E-state index contributed by atoms with van der Waals surface area (Å²) >= 11 is 0. The van der Waals surface area contributed by atoms with E-state index in [0.29, 0.717) is 49.9 Å². The fourth-order valence-electron chi connectivity index (χ4n) is 4.77. The molecular weight excluding hydrogens is 591 g/mol. The summed E-state index contributed by atoms with van der Waals surface area (Å²) in [7, 11) is -1.39. The van der Waals surface area contributed by atoms with Crippen molar-refractivity contribution in [2.45, 2.75) is 38.1 Å². The number of aromatic nitrogens is 4. The quantitative estimate of drug-likeness (QED) is 0.193. The molecule has 1 N–H and O–H groups in total. The number of aryl methyl sites for hydroxylation is 2. The Morgan fingerprint density at radius 1 is 0.977 bits per heavy atom. The van der Waals surface area contributed by atoms with Gasteiger partial charge < -0.3 is 14.4 Å². The third-order valence-corrected chi connectivity index (χ3v) is 7.72. The molecule has 224 valence electrons. The Morgan fingerprint density at radius 3 is 2.26 bits per heavy atom. The average molecular weight is 617 g/mol. The molecule has 0 saturated carbocycles. The third-order valence-electron chi connectivity index (χ3n) is 6.72. The van der Waals surface area contributed by atoms with E-state index in [2.05, 4.69) is 14.8 Å². The smallest absolute Gasteiger partial charge is 0.434 e. The van der Waals surface area contributed by atoms with Gasteiger partial charge in [-0.15, -0.1) is 0 Å². The Balaban J connectivity index is 1.73. The molecule has 43 heavy (non-hydrogen) atoms. The van der Waals surface area contributed by atoms with E-state index in [-0.39, 0.29) is 18.2 Å². The highest BCUT2D eigenvalue weighted by Crippen LogP contribution is 2.37. The van der Waals surface area contributed by atoms with Crippen molar-refractivity contribution in [3.8, 4) is 39.5 Å². The monoisotopic (exact) mass is 616 g/mol. The molecule has 0 amide bonds. The zero-order valence-electron chi connectivity index (χ0n) is 23.1. The molecule has 5 aromatic rings. The van der Waals surface area contributed by atoms with E-state index in [0.717, 1.165) is 6.20 Å². The first kappa shape index (κ1) is 30.1. The second-order valence-corrected chi connectivity index (χ2v) is 11.0. The third kappa shape index (κ3) is 6.22. The highest BCUT2D eigenvalue weighted by Gasteiger charge is 2.34. The summed E-state index contributed by atoms with van der Waals surface area (Å²) in [5, 5.41) is 14.3. The number of hydrogen-bond donors (Lipinski definition) is 1. The van der Waals surface area contributed by atoms with Crippen LogP contribution < -0.4 is 4.74 Å². The Bertz CT molecular complexity index is 1810. The van der Waals surface area contributed by atoms with Gasteiger partial charge in [-0.05, 0) is 79.1 Å². The topological polar surface area (TPSA) is 82.2 Å². The minimum absolute atomic E-state index is 0.0453. The van der Waals surface area contributed by atoms with Gasteiger partial charge in [-0.1, -0.05) is 18.2 Å². The van der Waals surface area contributed by atoms with Crippen LogP contribution in [0.25, 0.3) is 33.8 Å². The molecule has 0 spiro atoms. The molecule has 2 heterocycles. The molecule has 0 aliphatic rings. The number of aliphatic hydroxyl groups is 1. The molecule has 7 nitrogen and oxygen atoms in total. The predicted molar refractivity (Wildman–Crippen MR) is 151 cm³/mol. The number of hydrogen-bond acceptors (Lipinski definition) is 5. The Labute approximate surface area is 245 Å².